The maximum atomic E-state index is 14.0. The van der Waals surface area contributed by atoms with Crippen molar-refractivity contribution < 1.29 is 18.0 Å². The van der Waals surface area contributed by atoms with Gasteiger partial charge in [-0.05, 0) is 55.2 Å². The first kappa shape index (κ1) is 29.8. The van der Waals surface area contributed by atoms with Gasteiger partial charge in [-0.15, -0.1) is 0 Å². The number of likely N-dealkylation sites (N-methyl/N-ethyl adjacent to an activating group) is 1. The largest absolute Gasteiger partial charge is 0.352 e. The number of halogens is 1. The second-order valence-corrected chi connectivity index (χ2v) is 12.9. The number of nitrogens with one attached hydrogen (secondary N) is 1. The van der Waals surface area contributed by atoms with Crippen molar-refractivity contribution in [2.75, 3.05) is 13.6 Å². The van der Waals surface area contributed by atoms with Crippen molar-refractivity contribution in [3.63, 3.8) is 0 Å². The third-order valence-corrected chi connectivity index (χ3v) is 9.35. The normalized spacial score (nSPS) is 14.7. The highest BCUT2D eigenvalue weighted by Gasteiger charge is 2.34. The van der Waals surface area contributed by atoms with Crippen LogP contribution in [0.3, 0.4) is 0 Å². The van der Waals surface area contributed by atoms with Crippen LogP contribution >= 0.6 is 11.6 Å². The van der Waals surface area contributed by atoms with Crippen LogP contribution in [0, 0.1) is 6.92 Å². The molecular weight excluding hydrogens is 546 g/mol. The number of sulfonamides is 1. The molecule has 3 aromatic carbocycles. The Morgan fingerprint density at radius 3 is 2.25 bits per heavy atom. The molecule has 7 nitrogen and oxygen atoms in total. The summed E-state index contributed by atoms with van der Waals surface area (Å²) in [5.74, 6) is -0.712. The molecule has 1 atom stereocenters. The van der Waals surface area contributed by atoms with Crippen LogP contribution in [0.5, 0.6) is 0 Å². The van der Waals surface area contributed by atoms with E-state index in [0.29, 0.717) is 11.4 Å². The fourth-order valence-corrected chi connectivity index (χ4v) is 6.34. The molecule has 0 saturated heterocycles. The minimum Gasteiger partial charge on any atom is -0.352 e. The Bertz CT molecular complexity index is 1410. The molecule has 212 valence electrons. The molecule has 1 saturated carbocycles. The molecule has 1 aliphatic carbocycles. The van der Waals surface area contributed by atoms with E-state index in [1.54, 1.807) is 30.3 Å². The average Bonchev–Trinajstić information content (AvgIpc) is 3.44. The van der Waals surface area contributed by atoms with E-state index in [0.717, 1.165) is 46.7 Å². The average molecular weight is 582 g/mol. The van der Waals surface area contributed by atoms with Gasteiger partial charge < -0.3 is 10.2 Å². The van der Waals surface area contributed by atoms with E-state index in [2.05, 4.69) is 5.32 Å². The first-order chi connectivity index (χ1) is 19.1. The summed E-state index contributed by atoms with van der Waals surface area (Å²) in [5, 5.41) is 3.67. The molecule has 1 fully saturated rings. The van der Waals surface area contributed by atoms with Gasteiger partial charge in [-0.2, -0.15) is 4.31 Å². The van der Waals surface area contributed by atoms with Gasteiger partial charge in [0.1, 0.15) is 6.04 Å². The summed E-state index contributed by atoms with van der Waals surface area (Å²) < 4.78 is 27.6. The van der Waals surface area contributed by atoms with Gasteiger partial charge in [0.25, 0.3) is 0 Å². The van der Waals surface area contributed by atoms with E-state index >= 15 is 0 Å². The van der Waals surface area contributed by atoms with Gasteiger partial charge >= 0.3 is 0 Å². The van der Waals surface area contributed by atoms with Crippen LogP contribution < -0.4 is 5.32 Å². The monoisotopic (exact) mass is 581 g/mol. The van der Waals surface area contributed by atoms with Crippen molar-refractivity contribution in [1.82, 2.24) is 14.5 Å². The molecule has 1 aliphatic rings. The van der Waals surface area contributed by atoms with Gasteiger partial charge in [0.15, 0.2) is 0 Å². The number of hydrogen-bond acceptors (Lipinski definition) is 4. The van der Waals surface area contributed by atoms with Crippen molar-refractivity contribution in [3.8, 4) is 0 Å². The minimum atomic E-state index is -3.92. The highest BCUT2D eigenvalue weighted by Crippen LogP contribution is 2.22. The van der Waals surface area contributed by atoms with Crippen molar-refractivity contribution in [2.45, 2.75) is 62.6 Å². The van der Waals surface area contributed by atoms with E-state index in [1.807, 2.05) is 43.3 Å². The van der Waals surface area contributed by atoms with Gasteiger partial charge in [-0.25, -0.2) is 8.42 Å². The fraction of sp³-hybridized carbons (Fsp3) is 0.355. The number of carbonyl (C=O) groups is 2. The van der Waals surface area contributed by atoms with E-state index < -0.39 is 28.5 Å². The van der Waals surface area contributed by atoms with Gasteiger partial charge in [-0.1, -0.05) is 84.6 Å². The molecule has 40 heavy (non-hydrogen) atoms. The second kappa shape index (κ2) is 13.4. The molecule has 1 N–H and O–H groups in total. The van der Waals surface area contributed by atoms with Gasteiger partial charge in [0, 0.05) is 31.1 Å². The van der Waals surface area contributed by atoms with Gasteiger partial charge in [0.05, 0.1) is 11.4 Å². The zero-order valence-corrected chi connectivity index (χ0v) is 24.5. The fourth-order valence-electron chi connectivity index (χ4n) is 5.01. The second-order valence-electron chi connectivity index (χ2n) is 10.4. The summed E-state index contributed by atoms with van der Waals surface area (Å²) in [6.45, 7) is 1.56. The maximum absolute atomic E-state index is 14.0. The highest BCUT2D eigenvalue weighted by molar-refractivity contribution is 7.89. The lowest BCUT2D eigenvalue weighted by Crippen LogP contribution is -2.54. The van der Waals surface area contributed by atoms with E-state index in [-0.39, 0.29) is 23.4 Å². The molecule has 1 unspecified atom stereocenters. The smallest absolute Gasteiger partial charge is 0.243 e. The van der Waals surface area contributed by atoms with Crippen LogP contribution in [0.25, 0.3) is 0 Å². The SMILES string of the molecule is Cc1ccc(S(=O)(=O)N(C)CC(=O)N(Cc2cccc(Cl)c2)C(Cc2ccccc2)C(=O)NC2CCCC2)cc1. The van der Waals surface area contributed by atoms with Crippen LogP contribution in [0.1, 0.15) is 42.4 Å². The summed E-state index contributed by atoms with van der Waals surface area (Å²) >= 11 is 6.25. The molecule has 4 rings (SSSR count). The third kappa shape index (κ3) is 7.71. The molecule has 2 amide bonds. The third-order valence-electron chi connectivity index (χ3n) is 7.30. The Hall–Kier alpha value is -3.20. The summed E-state index contributed by atoms with van der Waals surface area (Å²) in [7, 11) is -2.54. The highest BCUT2D eigenvalue weighted by atomic mass is 35.5. The Labute approximate surface area is 242 Å². The number of benzene rings is 3. The van der Waals surface area contributed by atoms with Crippen LogP contribution in [0.4, 0.5) is 0 Å². The predicted molar refractivity (Wildman–Crippen MR) is 157 cm³/mol. The Balaban J connectivity index is 1.66. The van der Waals surface area contributed by atoms with Crippen molar-refractivity contribution in [3.05, 3.63) is 101 Å². The molecule has 0 aliphatic heterocycles. The number of carbonyl (C=O) groups excluding carboxylic acids is 2. The number of hydrogen-bond donors (Lipinski definition) is 1. The van der Waals surface area contributed by atoms with Gasteiger partial charge in [0.2, 0.25) is 21.8 Å². The summed E-state index contributed by atoms with van der Waals surface area (Å²) in [6, 6.07) is 22.4. The number of rotatable bonds is 11. The quantitative estimate of drug-likeness (QED) is 0.346. The molecule has 3 aromatic rings. The van der Waals surface area contributed by atoms with Crippen LogP contribution in [0.15, 0.2) is 83.8 Å². The van der Waals surface area contributed by atoms with Crippen LogP contribution in [0.2, 0.25) is 5.02 Å². The molecule has 9 heteroatoms. The standard InChI is InChI=1S/C31H36ClN3O4S/c1-23-15-17-28(18-16-23)40(38,39)34(2)22-30(36)35(21-25-11-8-12-26(32)19-25)29(20-24-9-4-3-5-10-24)31(37)33-27-13-6-7-14-27/h3-5,8-12,15-19,27,29H,6-7,13-14,20-22H2,1-2H3,(H,33,37). The molecule has 0 bridgehead atoms. The number of amides is 2. The molecule has 0 radical (unpaired) electrons. The molecule has 0 aromatic heterocycles. The van der Waals surface area contributed by atoms with E-state index in [4.69, 9.17) is 11.6 Å². The zero-order chi connectivity index (χ0) is 28.7. The van der Waals surface area contributed by atoms with Crippen LogP contribution in [-0.2, 0) is 32.6 Å². The minimum absolute atomic E-state index is 0.0680. The lowest BCUT2D eigenvalue weighted by atomic mass is 10.0. The van der Waals surface area contributed by atoms with Crippen molar-refractivity contribution in [1.29, 1.82) is 0 Å². The Morgan fingerprint density at radius 1 is 0.950 bits per heavy atom. The van der Waals surface area contributed by atoms with Crippen molar-refractivity contribution >= 4 is 33.4 Å². The topological polar surface area (TPSA) is 86.8 Å². The molecule has 0 spiro atoms. The van der Waals surface area contributed by atoms with E-state index in [1.165, 1.54) is 24.1 Å². The first-order valence-electron chi connectivity index (χ1n) is 13.5. The number of nitrogens with zero attached hydrogens (tertiary/aromatic N) is 2. The molecule has 0 heterocycles. The van der Waals surface area contributed by atoms with E-state index in [9.17, 15) is 18.0 Å². The lowest BCUT2D eigenvalue weighted by Gasteiger charge is -2.33. The zero-order valence-electron chi connectivity index (χ0n) is 22.9. The summed E-state index contributed by atoms with van der Waals surface area (Å²) in [5.41, 5.74) is 2.58. The predicted octanol–water partition coefficient (Wildman–Crippen LogP) is 4.97. The number of aryl methyl sites for hydroxylation is 1. The van der Waals surface area contributed by atoms with Gasteiger partial charge in [-0.3, -0.25) is 9.59 Å². The Morgan fingerprint density at radius 2 is 1.60 bits per heavy atom. The maximum Gasteiger partial charge on any atom is 0.243 e. The van der Waals surface area contributed by atoms with Crippen LogP contribution in [-0.4, -0.2) is 55.1 Å². The summed E-state index contributed by atoms with van der Waals surface area (Å²) in [4.78, 5) is 29.3. The first-order valence-corrected chi connectivity index (χ1v) is 15.4. The lowest BCUT2D eigenvalue weighted by molar-refractivity contribution is -0.141. The molecular formula is C31H36ClN3O4S. The summed E-state index contributed by atoms with van der Waals surface area (Å²) in [6.07, 6.45) is 4.22. The Kier molecular flexibility index (Phi) is 10.0. The van der Waals surface area contributed by atoms with Crippen molar-refractivity contribution in [2.24, 2.45) is 0 Å².